The van der Waals surface area contributed by atoms with E-state index in [2.05, 4.69) is 25.9 Å². The van der Waals surface area contributed by atoms with Crippen LogP contribution in [0.25, 0.3) is 11.3 Å². The highest BCUT2D eigenvalue weighted by Gasteiger charge is 2.32. The predicted molar refractivity (Wildman–Crippen MR) is 104 cm³/mol. The zero-order chi connectivity index (χ0) is 18.8. The van der Waals surface area contributed by atoms with Crippen molar-refractivity contribution in [3.63, 3.8) is 0 Å². The predicted octanol–water partition coefficient (Wildman–Crippen LogP) is 2.59. The second kappa shape index (κ2) is 7.40. The molecule has 27 heavy (non-hydrogen) atoms. The first-order valence-corrected chi connectivity index (χ1v) is 9.20. The van der Waals surface area contributed by atoms with Crippen molar-refractivity contribution in [2.24, 2.45) is 5.92 Å². The van der Waals surface area contributed by atoms with E-state index in [4.69, 9.17) is 4.98 Å². The van der Waals surface area contributed by atoms with Gasteiger partial charge in [-0.05, 0) is 56.2 Å². The van der Waals surface area contributed by atoms with Crippen LogP contribution in [0, 0.1) is 19.8 Å². The number of aromatic nitrogens is 4. The molecule has 2 atom stereocenters. The van der Waals surface area contributed by atoms with Crippen LogP contribution in [0.4, 0.5) is 5.95 Å². The van der Waals surface area contributed by atoms with Crippen LogP contribution in [0.5, 0.6) is 0 Å². The second-order valence-electron chi connectivity index (χ2n) is 7.12. The minimum Gasteiger partial charge on any atom is -0.391 e. The van der Waals surface area contributed by atoms with Crippen molar-refractivity contribution in [2.45, 2.75) is 26.4 Å². The molecule has 6 nitrogen and oxygen atoms in total. The maximum absolute atomic E-state index is 10.5. The Morgan fingerprint density at radius 3 is 2.59 bits per heavy atom. The van der Waals surface area contributed by atoms with Crippen molar-refractivity contribution in [3.05, 3.63) is 65.9 Å². The smallest absolute Gasteiger partial charge is 0.225 e. The Hall–Kier alpha value is -2.86. The second-order valence-corrected chi connectivity index (χ2v) is 7.12. The molecule has 1 saturated heterocycles. The summed E-state index contributed by atoms with van der Waals surface area (Å²) in [4.78, 5) is 19.8. The van der Waals surface area contributed by atoms with Gasteiger partial charge in [0.2, 0.25) is 5.95 Å². The molecule has 0 amide bonds. The number of aliphatic hydroxyl groups is 1. The van der Waals surface area contributed by atoms with Crippen molar-refractivity contribution < 1.29 is 5.11 Å². The van der Waals surface area contributed by atoms with E-state index in [-0.39, 0.29) is 5.92 Å². The first-order valence-electron chi connectivity index (χ1n) is 9.20. The Morgan fingerprint density at radius 2 is 1.81 bits per heavy atom. The number of aliphatic hydroxyl groups excluding tert-OH is 1. The topological polar surface area (TPSA) is 75.0 Å². The van der Waals surface area contributed by atoms with Crippen molar-refractivity contribution in [2.75, 3.05) is 18.0 Å². The molecule has 1 aliphatic rings. The Labute approximate surface area is 159 Å². The molecule has 0 spiro atoms. The molecule has 1 aliphatic heterocycles. The number of aryl methyl sites for hydroxylation is 2. The summed E-state index contributed by atoms with van der Waals surface area (Å²) in [5.74, 6) is 0.811. The van der Waals surface area contributed by atoms with E-state index in [1.165, 1.54) is 5.56 Å². The number of nitrogens with zero attached hydrogens (tertiary/aromatic N) is 5. The summed E-state index contributed by atoms with van der Waals surface area (Å²) in [7, 11) is 0. The van der Waals surface area contributed by atoms with Gasteiger partial charge in [0.25, 0.3) is 0 Å². The standard InChI is InChI=1S/C21H23N5O/c1-14-3-4-18(15(2)24-14)19-7-10-23-21(25-19)26-12-17(20(27)13-26)11-16-5-8-22-9-6-16/h3-10,17,20,27H,11-13H2,1-2H3/t17-,20-/m1/s1. The first kappa shape index (κ1) is 17.5. The number of β-amino-alcohol motifs (C(OH)–C–C–N with tert-alkyl or cyclic N) is 1. The highest BCUT2D eigenvalue weighted by molar-refractivity contribution is 5.62. The van der Waals surface area contributed by atoms with Gasteiger partial charge in [-0.25, -0.2) is 9.97 Å². The highest BCUT2D eigenvalue weighted by Crippen LogP contribution is 2.27. The summed E-state index contributed by atoms with van der Waals surface area (Å²) in [5, 5.41) is 10.5. The van der Waals surface area contributed by atoms with Crippen LogP contribution in [0.15, 0.2) is 48.9 Å². The summed E-state index contributed by atoms with van der Waals surface area (Å²) < 4.78 is 0. The van der Waals surface area contributed by atoms with Gasteiger partial charge in [0.05, 0.1) is 11.8 Å². The Balaban J connectivity index is 1.54. The normalized spacial score (nSPS) is 19.4. The van der Waals surface area contributed by atoms with E-state index in [0.717, 1.165) is 35.6 Å². The van der Waals surface area contributed by atoms with Crippen molar-refractivity contribution in [1.82, 2.24) is 19.9 Å². The van der Waals surface area contributed by atoms with Gasteiger partial charge < -0.3 is 10.0 Å². The van der Waals surface area contributed by atoms with Crippen LogP contribution < -0.4 is 4.90 Å². The van der Waals surface area contributed by atoms with Gasteiger partial charge in [-0.15, -0.1) is 0 Å². The van der Waals surface area contributed by atoms with Crippen LogP contribution in [-0.2, 0) is 6.42 Å². The Bertz CT molecular complexity index is 931. The van der Waals surface area contributed by atoms with Gasteiger partial charge in [0, 0.05) is 54.5 Å². The summed E-state index contributed by atoms with van der Waals surface area (Å²) in [6.07, 6.45) is 5.78. The fourth-order valence-corrected chi connectivity index (χ4v) is 3.65. The molecule has 6 heteroatoms. The van der Waals surface area contributed by atoms with E-state index in [1.54, 1.807) is 18.6 Å². The average Bonchev–Trinajstić information content (AvgIpc) is 3.03. The summed E-state index contributed by atoms with van der Waals surface area (Å²) in [6.45, 7) is 5.26. The Kier molecular flexibility index (Phi) is 4.81. The van der Waals surface area contributed by atoms with E-state index < -0.39 is 6.10 Å². The molecule has 1 fully saturated rings. The minimum atomic E-state index is -0.395. The molecule has 1 N–H and O–H groups in total. The maximum atomic E-state index is 10.5. The number of anilines is 1. The summed E-state index contributed by atoms with van der Waals surface area (Å²) in [6, 6.07) is 9.95. The lowest BCUT2D eigenvalue weighted by atomic mass is 9.97. The SMILES string of the molecule is Cc1ccc(-c2ccnc(N3C[C@@H](Cc4ccncc4)[C@H](O)C3)n2)c(C)n1. The monoisotopic (exact) mass is 361 g/mol. The van der Waals surface area contributed by atoms with Gasteiger partial charge in [0.15, 0.2) is 0 Å². The molecule has 0 bridgehead atoms. The zero-order valence-electron chi connectivity index (χ0n) is 15.6. The molecule has 0 aromatic carbocycles. The minimum absolute atomic E-state index is 0.155. The van der Waals surface area contributed by atoms with Gasteiger partial charge >= 0.3 is 0 Å². The van der Waals surface area contributed by atoms with Crippen LogP contribution in [0.1, 0.15) is 17.0 Å². The molecule has 0 unspecified atom stereocenters. The third-order valence-electron chi connectivity index (χ3n) is 5.08. The van der Waals surface area contributed by atoms with Crippen LogP contribution in [0.2, 0.25) is 0 Å². The molecule has 138 valence electrons. The number of hydrogen-bond acceptors (Lipinski definition) is 6. The Morgan fingerprint density at radius 1 is 1.00 bits per heavy atom. The third kappa shape index (κ3) is 3.80. The lowest BCUT2D eigenvalue weighted by molar-refractivity contribution is 0.148. The van der Waals surface area contributed by atoms with Crippen LogP contribution in [-0.4, -0.2) is 44.2 Å². The van der Waals surface area contributed by atoms with E-state index >= 15 is 0 Å². The van der Waals surface area contributed by atoms with Crippen molar-refractivity contribution in [3.8, 4) is 11.3 Å². The highest BCUT2D eigenvalue weighted by atomic mass is 16.3. The van der Waals surface area contributed by atoms with Crippen molar-refractivity contribution >= 4 is 5.95 Å². The zero-order valence-corrected chi connectivity index (χ0v) is 15.6. The number of rotatable bonds is 4. The van der Waals surface area contributed by atoms with Gasteiger partial charge in [0.1, 0.15) is 0 Å². The van der Waals surface area contributed by atoms with Gasteiger partial charge in [-0.1, -0.05) is 0 Å². The number of pyridine rings is 2. The fraction of sp³-hybridized carbons (Fsp3) is 0.333. The molecule has 4 rings (SSSR count). The molecule has 0 saturated carbocycles. The molecule has 4 heterocycles. The summed E-state index contributed by atoms with van der Waals surface area (Å²) >= 11 is 0. The van der Waals surface area contributed by atoms with Gasteiger partial charge in [-0.3, -0.25) is 9.97 Å². The lowest BCUT2D eigenvalue weighted by Crippen LogP contribution is -2.23. The first-order chi connectivity index (χ1) is 13.1. The molecule has 0 aliphatic carbocycles. The molecule has 3 aromatic rings. The van der Waals surface area contributed by atoms with E-state index in [1.807, 2.05) is 38.1 Å². The van der Waals surface area contributed by atoms with Crippen LogP contribution >= 0.6 is 0 Å². The number of hydrogen-bond donors (Lipinski definition) is 1. The van der Waals surface area contributed by atoms with Crippen LogP contribution in [0.3, 0.4) is 0 Å². The van der Waals surface area contributed by atoms with Crippen molar-refractivity contribution in [1.29, 1.82) is 0 Å². The molecule has 0 radical (unpaired) electrons. The largest absolute Gasteiger partial charge is 0.391 e. The summed E-state index contributed by atoms with van der Waals surface area (Å²) in [5.41, 5.74) is 5.00. The van der Waals surface area contributed by atoms with Gasteiger partial charge in [-0.2, -0.15) is 0 Å². The van der Waals surface area contributed by atoms with E-state index in [0.29, 0.717) is 12.5 Å². The quantitative estimate of drug-likeness (QED) is 0.770. The average molecular weight is 361 g/mol. The maximum Gasteiger partial charge on any atom is 0.225 e. The molecular weight excluding hydrogens is 338 g/mol. The third-order valence-corrected chi connectivity index (χ3v) is 5.08. The molecule has 3 aromatic heterocycles. The fourth-order valence-electron chi connectivity index (χ4n) is 3.65. The van der Waals surface area contributed by atoms with E-state index in [9.17, 15) is 5.11 Å². The molecular formula is C21H23N5O. The lowest BCUT2D eigenvalue weighted by Gasteiger charge is -2.17.